The second kappa shape index (κ2) is 3.79. The first kappa shape index (κ1) is 11.5. The fourth-order valence-corrected chi connectivity index (χ4v) is 1.63. The van der Waals surface area contributed by atoms with Gasteiger partial charge in [-0.05, 0) is 0 Å². The molecule has 1 aliphatic rings. The monoisotopic (exact) mass is 250 g/mol. The summed E-state index contributed by atoms with van der Waals surface area (Å²) in [7, 11) is 0. The van der Waals surface area contributed by atoms with Gasteiger partial charge in [-0.15, -0.1) is 10.2 Å². The molecule has 3 N–H and O–H groups in total. The summed E-state index contributed by atoms with van der Waals surface area (Å²) in [6.45, 7) is 0.260. The molecular formula is C7H9F3N6O. The summed E-state index contributed by atoms with van der Waals surface area (Å²) in [5.74, 6) is -1.05. The van der Waals surface area contributed by atoms with Gasteiger partial charge >= 0.3 is 6.18 Å². The van der Waals surface area contributed by atoms with E-state index in [4.69, 9.17) is 10.9 Å². The van der Waals surface area contributed by atoms with E-state index in [1.54, 1.807) is 0 Å². The first-order chi connectivity index (χ1) is 7.93. The molecule has 0 saturated carbocycles. The number of oxime groups is 1. The highest BCUT2D eigenvalue weighted by Gasteiger charge is 2.39. The van der Waals surface area contributed by atoms with Gasteiger partial charge in [0.1, 0.15) is 0 Å². The minimum Gasteiger partial charge on any atom is -0.408 e. The predicted molar refractivity (Wildman–Crippen MR) is 48.8 cm³/mol. The highest BCUT2D eigenvalue weighted by atomic mass is 19.4. The minimum atomic E-state index is -4.52. The molecule has 7 nitrogen and oxygen atoms in total. The zero-order chi connectivity index (χ0) is 12.6. The third-order valence-corrected chi connectivity index (χ3v) is 2.43. The lowest BCUT2D eigenvalue weighted by Gasteiger charge is -2.27. The Hall–Kier alpha value is -2.00. The lowest BCUT2D eigenvalue weighted by Crippen LogP contribution is -2.43. The summed E-state index contributed by atoms with van der Waals surface area (Å²) in [6, 6.07) is 0. The molecule has 0 fully saturated rings. The number of hydrogen-bond donors (Lipinski definition) is 2. The smallest absolute Gasteiger partial charge is 0.408 e. The maximum Gasteiger partial charge on any atom is 0.451 e. The topological polar surface area (TPSA) is 92.6 Å². The molecule has 2 heterocycles. The zero-order valence-corrected chi connectivity index (χ0v) is 8.52. The molecule has 17 heavy (non-hydrogen) atoms. The van der Waals surface area contributed by atoms with Crippen LogP contribution in [0.15, 0.2) is 5.16 Å². The van der Waals surface area contributed by atoms with Gasteiger partial charge in [-0.3, -0.25) is 0 Å². The molecule has 0 aliphatic carbocycles. The van der Waals surface area contributed by atoms with Crippen LogP contribution >= 0.6 is 0 Å². The molecule has 1 aliphatic heterocycles. The van der Waals surface area contributed by atoms with Crippen LogP contribution in [0.5, 0.6) is 0 Å². The third kappa shape index (κ3) is 1.97. The number of nitrogens with two attached hydrogens (primary N) is 1. The van der Waals surface area contributed by atoms with Gasteiger partial charge in [0.25, 0.3) is 0 Å². The Bertz CT molecular complexity index is 453. The van der Waals surface area contributed by atoms with Crippen LogP contribution in [0, 0.1) is 0 Å². The van der Waals surface area contributed by atoms with Crippen molar-refractivity contribution in [2.75, 3.05) is 6.54 Å². The van der Waals surface area contributed by atoms with Crippen molar-refractivity contribution in [3.8, 4) is 0 Å². The van der Waals surface area contributed by atoms with Crippen molar-refractivity contribution in [1.82, 2.24) is 19.7 Å². The first-order valence-electron chi connectivity index (χ1n) is 4.65. The van der Waals surface area contributed by atoms with Crippen LogP contribution in [0.3, 0.4) is 0 Å². The molecule has 2 rings (SSSR count). The summed E-state index contributed by atoms with van der Waals surface area (Å²) in [4.78, 5) is 1.41. The fourth-order valence-electron chi connectivity index (χ4n) is 1.63. The van der Waals surface area contributed by atoms with E-state index in [-0.39, 0.29) is 31.4 Å². The van der Waals surface area contributed by atoms with Crippen LogP contribution in [0.2, 0.25) is 0 Å². The average molecular weight is 250 g/mol. The van der Waals surface area contributed by atoms with E-state index in [1.807, 2.05) is 0 Å². The molecule has 0 amide bonds. The normalized spacial score (nSPS) is 17.1. The summed E-state index contributed by atoms with van der Waals surface area (Å²) in [5, 5.41) is 17.8. The van der Waals surface area contributed by atoms with Gasteiger partial charge in [0.2, 0.25) is 11.8 Å². The second-order valence-corrected chi connectivity index (χ2v) is 3.47. The van der Waals surface area contributed by atoms with Gasteiger partial charge < -0.3 is 20.4 Å². The van der Waals surface area contributed by atoms with Crippen molar-refractivity contribution in [3.63, 3.8) is 0 Å². The average Bonchev–Trinajstić information content (AvgIpc) is 2.70. The summed E-state index contributed by atoms with van der Waals surface area (Å²) >= 11 is 0. The van der Waals surface area contributed by atoms with Gasteiger partial charge in [0, 0.05) is 13.1 Å². The van der Waals surface area contributed by atoms with Crippen molar-refractivity contribution < 1.29 is 18.4 Å². The van der Waals surface area contributed by atoms with Crippen LogP contribution in [-0.4, -0.2) is 37.4 Å². The van der Waals surface area contributed by atoms with E-state index < -0.39 is 12.0 Å². The Morgan fingerprint density at radius 2 is 2.06 bits per heavy atom. The number of rotatable bonds is 0. The van der Waals surface area contributed by atoms with Crippen LogP contribution < -0.4 is 5.73 Å². The predicted octanol–water partition coefficient (Wildman–Crippen LogP) is -0.184. The number of guanidine groups is 1. The Morgan fingerprint density at radius 1 is 1.35 bits per heavy atom. The van der Waals surface area contributed by atoms with Crippen molar-refractivity contribution in [1.29, 1.82) is 0 Å². The highest BCUT2D eigenvalue weighted by molar-refractivity contribution is 5.77. The van der Waals surface area contributed by atoms with Crippen molar-refractivity contribution in [2.45, 2.75) is 19.3 Å². The standard InChI is InChI=1S/C7H9F3N6O/c8-7(9,10)5-13-12-4-3-15(6(11)14-17)1-2-16(4)5/h17H,1-3H2,(H2,11,14). The van der Waals surface area contributed by atoms with Crippen LogP contribution in [0.4, 0.5) is 13.2 Å². The van der Waals surface area contributed by atoms with Gasteiger partial charge in [0.15, 0.2) is 5.82 Å². The second-order valence-electron chi connectivity index (χ2n) is 3.47. The fraction of sp³-hybridized carbons (Fsp3) is 0.571. The quantitative estimate of drug-likeness (QED) is 0.288. The molecule has 0 atom stereocenters. The van der Waals surface area contributed by atoms with Crippen molar-refractivity contribution >= 4 is 5.96 Å². The van der Waals surface area contributed by atoms with E-state index >= 15 is 0 Å². The van der Waals surface area contributed by atoms with Crippen LogP contribution in [-0.2, 0) is 19.3 Å². The molecule has 0 spiro atoms. The third-order valence-electron chi connectivity index (χ3n) is 2.43. The largest absolute Gasteiger partial charge is 0.451 e. The van der Waals surface area contributed by atoms with Gasteiger partial charge in [-0.1, -0.05) is 5.16 Å². The number of fused-ring (bicyclic) bond motifs is 1. The lowest BCUT2D eigenvalue weighted by molar-refractivity contribution is -0.147. The summed E-state index contributed by atoms with van der Waals surface area (Å²) < 4.78 is 38.5. The van der Waals surface area contributed by atoms with Gasteiger partial charge in [-0.2, -0.15) is 13.2 Å². The number of hydrogen-bond acceptors (Lipinski definition) is 4. The Kier molecular flexibility index (Phi) is 2.56. The number of nitrogens with zero attached hydrogens (tertiary/aromatic N) is 5. The number of aromatic nitrogens is 3. The van der Waals surface area contributed by atoms with Gasteiger partial charge in [0.05, 0.1) is 6.54 Å². The molecule has 0 bridgehead atoms. The Labute approximate surface area is 93.3 Å². The van der Waals surface area contributed by atoms with Crippen molar-refractivity contribution in [2.24, 2.45) is 10.9 Å². The number of alkyl halides is 3. The summed E-state index contributed by atoms with van der Waals surface area (Å²) in [6.07, 6.45) is -4.52. The SMILES string of the molecule is NC(=NO)N1CCn2c(nnc2C(F)(F)F)C1. The molecule has 0 saturated heterocycles. The molecule has 94 valence electrons. The molecule has 1 aromatic rings. The van der Waals surface area contributed by atoms with E-state index in [1.165, 1.54) is 4.90 Å². The van der Waals surface area contributed by atoms with E-state index in [9.17, 15) is 13.2 Å². The van der Waals surface area contributed by atoms with E-state index in [0.717, 1.165) is 4.57 Å². The van der Waals surface area contributed by atoms with Crippen LogP contribution in [0.25, 0.3) is 0 Å². The Balaban J connectivity index is 2.28. The zero-order valence-electron chi connectivity index (χ0n) is 8.52. The molecule has 1 aromatic heterocycles. The Morgan fingerprint density at radius 3 is 2.65 bits per heavy atom. The molecule has 10 heteroatoms. The summed E-state index contributed by atoms with van der Waals surface area (Å²) in [5.41, 5.74) is 5.34. The van der Waals surface area contributed by atoms with E-state index in [2.05, 4.69) is 15.4 Å². The maximum absolute atomic E-state index is 12.5. The molecular weight excluding hydrogens is 241 g/mol. The molecule has 0 radical (unpaired) electrons. The lowest BCUT2D eigenvalue weighted by atomic mass is 10.3. The maximum atomic E-state index is 12.5. The van der Waals surface area contributed by atoms with E-state index in [0.29, 0.717) is 0 Å². The molecule has 0 unspecified atom stereocenters. The molecule has 0 aromatic carbocycles. The van der Waals surface area contributed by atoms with Gasteiger partial charge in [-0.25, -0.2) is 0 Å². The van der Waals surface area contributed by atoms with Crippen LogP contribution in [0.1, 0.15) is 11.6 Å². The minimum absolute atomic E-state index is 0.0268. The first-order valence-corrected chi connectivity index (χ1v) is 4.65. The van der Waals surface area contributed by atoms with Crippen molar-refractivity contribution in [3.05, 3.63) is 11.6 Å². The number of halogens is 3. The highest BCUT2D eigenvalue weighted by Crippen LogP contribution is 2.29.